The van der Waals surface area contributed by atoms with E-state index < -0.39 is 0 Å². The second-order valence-corrected chi connectivity index (χ2v) is 8.15. The highest BCUT2D eigenvalue weighted by Crippen LogP contribution is 2.37. The lowest BCUT2D eigenvalue weighted by atomic mass is 9.95. The average Bonchev–Trinajstić information content (AvgIpc) is 3.09. The van der Waals surface area contributed by atoms with Crippen LogP contribution in [-0.4, -0.2) is 10.8 Å². The number of carbonyl (C=O) groups is 1. The Labute approximate surface area is 140 Å². The number of anilines is 1. The maximum atomic E-state index is 12.6. The standard InChI is InChI=1S/C16H13ClN2OS2/c17-12-6-5-11(21-12)14(20)15-13(18)9-7-8-3-1-2-4-10(8)19-16(9)22-15/h5-7H,1-4,18H2. The molecule has 4 rings (SSSR count). The van der Waals surface area contributed by atoms with Crippen molar-refractivity contribution in [2.45, 2.75) is 25.7 Å². The van der Waals surface area contributed by atoms with Crippen LogP contribution in [0.15, 0.2) is 18.2 Å². The largest absolute Gasteiger partial charge is 0.397 e. The lowest BCUT2D eigenvalue weighted by Gasteiger charge is -2.14. The number of carbonyl (C=O) groups excluding carboxylic acids is 1. The van der Waals surface area contributed by atoms with Crippen LogP contribution in [0.3, 0.4) is 0 Å². The summed E-state index contributed by atoms with van der Waals surface area (Å²) >= 11 is 8.59. The molecule has 3 aromatic heterocycles. The smallest absolute Gasteiger partial charge is 0.215 e. The van der Waals surface area contributed by atoms with Gasteiger partial charge in [0.25, 0.3) is 0 Å². The van der Waals surface area contributed by atoms with Gasteiger partial charge in [0.05, 0.1) is 14.9 Å². The first-order chi connectivity index (χ1) is 10.6. The van der Waals surface area contributed by atoms with Crippen LogP contribution in [0.5, 0.6) is 0 Å². The van der Waals surface area contributed by atoms with Gasteiger partial charge in [0.15, 0.2) is 0 Å². The third kappa shape index (κ3) is 2.24. The molecule has 0 unspecified atom stereocenters. The lowest BCUT2D eigenvalue weighted by Crippen LogP contribution is -2.04. The van der Waals surface area contributed by atoms with E-state index in [4.69, 9.17) is 22.3 Å². The number of rotatable bonds is 2. The van der Waals surface area contributed by atoms with E-state index in [0.717, 1.165) is 28.8 Å². The molecular weight excluding hydrogens is 336 g/mol. The van der Waals surface area contributed by atoms with Gasteiger partial charge in [-0.1, -0.05) is 11.6 Å². The van der Waals surface area contributed by atoms with Crippen LogP contribution in [0.1, 0.15) is 38.6 Å². The van der Waals surface area contributed by atoms with Gasteiger partial charge in [-0.2, -0.15) is 0 Å². The Balaban J connectivity index is 1.85. The lowest BCUT2D eigenvalue weighted by molar-refractivity contribution is 0.104. The molecule has 0 saturated carbocycles. The number of pyridine rings is 1. The van der Waals surface area contributed by atoms with E-state index >= 15 is 0 Å². The van der Waals surface area contributed by atoms with E-state index in [2.05, 4.69) is 6.07 Å². The molecule has 0 radical (unpaired) electrons. The zero-order valence-electron chi connectivity index (χ0n) is 11.7. The predicted octanol–water partition coefficient (Wildman–Crippen LogP) is 4.70. The Kier molecular flexibility index (Phi) is 3.44. The first-order valence-electron chi connectivity index (χ1n) is 7.14. The summed E-state index contributed by atoms with van der Waals surface area (Å²) in [7, 11) is 0. The second-order valence-electron chi connectivity index (χ2n) is 5.43. The number of fused-ring (bicyclic) bond motifs is 2. The third-order valence-electron chi connectivity index (χ3n) is 4.00. The molecule has 3 aromatic rings. The van der Waals surface area contributed by atoms with Crippen LogP contribution in [0, 0.1) is 0 Å². The summed E-state index contributed by atoms with van der Waals surface area (Å²) < 4.78 is 0.608. The molecule has 0 amide bonds. The van der Waals surface area contributed by atoms with Gasteiger partial charge in [0.1, 0.15) is 9.71 Å². The number of aromatic nitrogens is 1. The molecule has 0 spiro atoms. The highest BCUT2D eigenvalue weighted by atomic mass is 35.5. The summed E-state index contributed by atoms with van der Waals surface area (Å²) in [6, 6.07) is 5.61. The van der Waals surface area contributed by atoms with Gasteiger partial charge in [-0.3, -0.25) is 4.79 Å². The fraction of sp³-hybridized carbons (Fsp3) is 0.250. The molecule has 0 fully saturated rings. The number of hydrogen-bond acceptors (Lipinski definition) is 5. The van der Waals surface area contributed by atoms with E-state index in [-0.39, 0.29) is 5.78 Å². The molecular formula is C16H13ClN2OS2. The van der Waals surface area contributed by atoms with Gasteiger partial charge < -0.3 is 5.73 Å². The van der Waals surface area contributed by atoms with Crippen molar-refractivity contribution < 1.29 is 4.79 Å². The van der Waals surface area contributed by atoms with Crippen molar-refractivity contribution in [1.82, 2.24) is 4.98 Å². The van der Waals surface area contributed by atoms with Crippen molar-refractivity contribution >= 4 is 56.0 Å². The summed E-state index contributed by atoms with van der Waals surface area (Å²) in [6.45, 7) is 0. The van der Waals surface area contributed by atoms with Gasteiger partial charge in [-0.15, -0.1) is 22.7 Å². The minimum Gasteiger partial charge on any atom is -0.397 e. The summed E-state index contributed by atoms with van der Waals surface area (Å²) in [5.74, 6) is -0.0598. The number of hydrogen-bond donors (Lipinski definition) is 1. The van der Waals surface area contributed by atoms with Crippen LogP contribution in [0.25, 0.3) is 10.2 Å². The zero-order valence-corrected chi connectivity index (χ0v) is 14.1. The molecule has 112 valence electrons. The minimum absolute atomic E-state index is 0.0598. The van der Waals surface area contributed by atoms with Crippen LogP contribution >= 0.6 is 34.3 Å². The van der Waals surface area contributed by atoms with Crippen molar-refractivity contribution in [2.24, 2.45) is 0 Å². The van der Waals surface area contributed by atoms with Crippen molar-refractivity contribution in [3.8, 4) is 0 Å². The van der Waals surface area contributed by atoms with Crippen LogP contribution in [-0.2, 0) is 12.8 Å². The number of halogens is 1. The normalized spacial score (nSPS) is 14.2. The van der Waals surface area contributed by atoms with Gasteiger partial charge in [0, 0.05) is 11.1 Å². The van der Waals surface area contributed by atoms with Gasteiger partial charge in [-0.25, -0.2) is 4.98 Å². The first kappa shape index (κ1) is 14.2. The van der Waals surface area contributed by atoms with Crippen molar-refractivity contribution in [1.29, 1.82) is 0 Å². The van der Waals surface area contributed by atoms with Crippen molar-refractivity contribution in [3.05, 3.63) is 43.5 Å². The molecule has 6 heteroatoms. The molecule has 0 aliphatic heterocycles. The van der Waals surface area contributed by atoms with Gasteiger partial charge in [0.2, 0.25) is 5.78 Å². The third-order valence-corrected chi connectivity index (χ3v) is 6.35. The van der Waals surface area contributed by atoms with Gasteiger partial charge >= 0.3 is 0 Å². The van der Waals surface area contributed by atoms with E-state index in [9.17, 15) is 4.79 Å². The molecule has 0 atom stereocenters. The molecule has 1 aliphatic carbocycles. The SMILES string of the molecule is Nc1c(C(=O)c2ccc(Cl)s2)sc2nc3c(cc12)CCCC3. The summed E-state index contributed by atoms with van der Waals surface area (Å²) in [5.41, 5.74) is 9.23. The average molecular weight is 349 g/mol. The number of ketones is 1. The molecule has 0 bridgehead atoms. The van der Waals surface area contributed by atoms with E-state index in [1.54, 1.807) is 12.1 Å². The first-order valence-corrected chi connectivity index (χ1v) is 9.15. The number of nitrogens with zero attached hydrogens (tertiary/aromatic N) is 1. The maximum absolute atomic E-state index is 12.6. The molecule has 3 heterocycles. The Morgan fingerprint density at radius 3 is 2.82 bits per heavy atom. The molecule has 0 saturated heterocycles. The van der Waals surface area contributed by atoms with Crippen molar-refractivity contribution in [2.75, 3.05) is 5.73 Å². The zero-order chi connectivity index (χ0) is 15.3. The number of thiophene rings is 2. The molecule has 22 heavy (non-hydrogen) atoms. The maximum Gasteiger partial charge on any atom is 0.215 e. The van der Waals surface area contributed by atoms with E-state index in [1.165, 1.54) is 41.1 Å². The Morgan fingerprint density at radius 2 is 2.05 bits per heavy atom. The number of nitrogen functional groups attached to an aromatic ring is 1. The van der Waals surface area contributed by atoms with Gasteiger partial charge in [-0.05, 0) is 49.4 Å². The summed E-state index contributed by atoms with van der Waals surface area (Å²) in [5, 5.41) is 0.914. The monoisotopic (exact) mass is 348 g/mol. The number of aryl methyl sites for hydroxylation is 2. The second kappa shape index (κ2) is 5.33. The highest BCUT2D eigenvalue weighted by molar-refractivity contribution is 7.23. The topological polar surface area (TPSA) is 56.0 Å². The Bertz CT molecular complexity index is 897. The van der Waals surface area contributed by atoms with Crippen molar-refractivity contribution in [3.63, 3.8) is 0 Å². The van der Waals surface area contributed by atoms with Crippen LogP contribution in [0.2, 0.25) is 4.34 Å². The summed E-state index contributed by atoms with van der Waals surface area (Å²) in [4.78, 5) is 19.4. The van der Waals surface area contributed by atoms with E-state index in [0.29, 0.717) is 19.8 Å². The number of nitrogens with two attached hydrogens (primary N) is 1. The quantitative estimate of drug-likeness (QED) is 0.683. The Hall–Kier alpha value is -1.43. The predicted molar refractivity (Wildman–Crippen MR) is 93.4 cm³/mol. The van der Waals surface area contributed by atoms with E-state index in [1.807, 2.05) is 0 Å². The molecule has 3 nitrogen and oxygen atoms in total. The summed E-state index contributed by atoms with van der Waals surface area (Å²) in [6.07, 6.45) is 4.46. The highest BCUT2D eigenvalue weighted by Gasteiger charge is 2.22. The fourth-order valence-electron chi connectivity index (χ4n) is 2.88. The fourth-order valence-corrected chi connectivity index (χ4v) is 4.98. The molecule has 0 aromatic carbocycles. The molecule has 2 N–H and O–H groups in total. The molecule has 1 aliphatic rings. The van der Waals surface area contributed by atoms with Crippen LogP contribution in [0.4, 0.5) is 5.69 Å². The van der Waals surface area contributed by atoms with Crippen LogP contribution < -0.4 is 5.73 Å². The Morgan fingerprint density at radius 1 is 1.23 bits per heavy atom. The minimum atomic E-state index is -0.0598.